The van der Waals surface area contributed by atoms with Crippen LogP contribution in [0.5, 0.6) is 0 Å². The van der Waals surface area contributed by atoms with Gasteiger partial charge in [0.15, 0.2) is 0 Å². The van der Waals surface area contributed by atoms with Crippen LogP contribution in [-0.4, -0.2) is 29.9 Å². The molecule has 1 aromatic rings. The van der Waals surface area contributed by atoms with Crippen molar-refractivity contribution in [2.45, 2.75) is 0 Å². The second-order valence-electron chi connectivity index (χ2n) is 2.23. The Balaban J connectivity index is 3.74. The smallest absolute Gasteiger partial charge is 0.314 e. The first-order chi connectivity index (χ1) is 5.04. The molecule has 0 saturated carbocycles. The fraction of sp³-hybridized carbons (Fsp3) is 0. The van der Waals surface area contributed by atoms with Crippen molar-refractivity contribution in [3.05, 3.63) is 26.7 Å². The molecule has 0 amide bonds. The highest BCUT2D eigenvalue weighted by Gasteiger charge is 2.05. The van der Waals surface area contributed by atoms with Gasteiger partial charge in [0.05, 0.1) is 10.2 Å². The summed E-state index contributed by atoms with van der Waals surface area (Å²) in [5.41, 5.74) is -1.31. The highest BCUT2D eigenvalue weighted by molar-refractivity contribution is 6.30. The van der Waals surface area contributed by atoms with Crippen LogP contribution in [0.15, 0.2) is 9.59 Å². The molecule has 1 N–H and O–H groups in total. The molecule has 0 saturated heterocycles. The zero-order valence-electron chi connectivity index (χ0n) is 6.14. The monoisotopic (exact) mass is 190 g/mol. The largest absolute Gasteiger partial charge is 0.319 e. The second-order valence-corrected chi connectivity index (χ2v) is 4.13. The van der Waals surface area contributed by atoms with Crippen LogP contribution in [0.3, 0.4) is 0 Å². The van der Waals surface area contributed by atoms with Crippen LogP contribution < -0.4 is 16.6 Å². The molecule has 0 unspecified atom stereocenters. The highest BCUT2D eigenvalue weighted by Crippen LogP contribution is 1.72. The topological polar surface area (TPSA) is 54.9 Å². The summed E-state index contributed by atoms with van der Waals surface area (Å²) >= 11 is 0. The number of hydrogen-bond donors (Lipinski definition) is 1. The second kappa shape index (κ2) is 2.59. The number of H-pyrrole nitrogens is 1. The molecule has 1 rings (SSSR count). The lowest BCUT2D eigenvalue weighted by Gasteiger charge is -1.97. The molecule has 7 heteroatoms. The molecule has 0 fully saturated rings. The van der Waals surface area contributed by atoms with Gasteiger partial charge in [-0.05, 0) is 0 Å². The molecule has 0 spiro atoms. The lowest BCUT2D eigenvalue weighted by Crippen LogP contribution is -2.42. The SMILES string of the molecule is O=c1[nH]c([SiH3])c(F)c(=O)n1[SiH3]. The number of rotatable bonds is 0. The van der Waals surface area contributed by atoms with Crippen molar-refractivity contribution in [1.82, 2.24) is 9.22 Å². The maximum atomic E-state index is 12.7. The molecular weight excluding hydrogens is 183 g/mol. The van der Waals surface area contributed by atoms with Gasteiger partial charge in [-0.1, -0.05) is 0 Å². The summed E-state index contributed by atoms with van der Waals surface area (Å²) in [5.74, 6) is -0.814. The predicted molar refractivity (Wildman–Crippen MR) is 46.2 cm³/mol. The van der Waals surface area contributed by atoms with Gasteiger partial charge in [-0.2, -0.15) is 4.39 Å². The van der Waals surface area contributed by atoms with Gasteiger partial charge in [-0.3, -0.25) is 9.03 Å². The normalized spacial score (nSPS) is 10.6. The first kappa shape index (κ1) is 8.14. The molecule has 60 valence electrons. The lowest BCUT2D eigenvalue weighted by molar-refractivity contribution is 0.602. The van der Waals surface area contributed by atoms with Crippen LogP contribution in [0.25, 0.3) is 0 Å². The number of nitrogens with one attached hydrogen (secondary N) is 1. The van der Waals surface area contributed by atoms with Gasteiger partial charge in [0.1, 0.15) is 10.4 Å². The van der Waals surface area contributed by atoms with Gasteiger partial charge in [0.25, 0.3) is 5.56 Å². The van der Waals surface area contributed by atoms with E-state index in [0.29, 0.717) is 10.2 Å². The summed E-state index contributed by atoms with van der Waals surface area (Å²) in [6.07, 6.45) is 0. The first-order valence-electron chi connectivity index (χ1n) is 2.99. The molecule has 1 aromatic heterocycles. The minimum atomic E-state index is -0.814. The molecule has 0 aromatic carbocycles. The Morgan fingerprint density at radius 2 is 2.00 bits per heavy atom. The standard InChI is InChI=1S/C4H7FN2O2Si2/c5-1-2(10)6-4(9)7(11)3(1)8/h10-11H3,(H,6,9). The third-order valence-corrected chi connectivity index (χ3v) is 2.92. The molecule has 4 nitrogen and oxygen atoms in total. The Kier molecular flexibility index (Phi) is 1.91. The van der Waals surface area contributed by atoms with Crippen molar-refractivity contribution in [1.29, 1.82) is 0 Å². The quantitative estimate of drug-likeness (QED) is 0.422. The van der Waals surface area contributed by atoms with Crippen molar-refractivity contribution in [2.75, 3.05) is 0 Å². The Bertz CT molecular complexity index is 396. The summed E-state index contributed by atoms with van der Waals surface area (Å²) in [4.78, 5) is 23.9. The van der Waals surface area contributed by atoms with Crippen LogP contribution in [0.4, 0.5) is 4.39 Å². The van der Waals surface area contributed by atoms with Crippen molar-refractivity contribution in [3.8, 4) is 0 Å². The van der Waals surface area contributed by atoms with Gasteiger partial charge in [0.2, 0.25) is 5.82 Å². The van der Waals surface area contributed by atoms with Crippen LogP contribution in [0, 0.1) is 5.82 Å². The maximum Gasteiger partial charge on any atom is 0.319 e. The van der Waals surface area contributed by atoms with Gasteiger partial charge < -0.3 is 4.98 Å². The van der Waals surface area contributed by atoms with Crippen LogP contribution >= 0.6 is 0 Å². The number of aromatic amines is 1. The molecule has 1 heterocycles. The average Bonchev–Trinajstić information content (AvgIpc) is 1.97. The van der Waals surface area contributed by atoms with E-state index in [4.69, 9.17) is 0 Å². The van der Waals surface area contributed by atoms with Crippen LogP contribution in [-0.2, 0) is 0 Å². The molecule has 0 atom stereocenters. The van der Waals surface area contributed by atoms with E-state index < -0.39 is 17.1 Å². The molecule has 0 aliphatic carbocycles. The average molecular weight is 190 g/mol. The van der Waals surface area contributed by atoms with E-state index in [2.05, 4.69) is 4.98 Å². The van der Waals surface area contributed by atoms with Gasteiger partial charge >= 0.3 is 5.69 Å². The van der Waals surface area contributed by atoms with Crippen molar-refractivity contribution < 1.29 is 4.39 Å². The summed E-state index contributed by atoms with van der Waals surface area (Å²) in [7, 11) is 0.554. The summed E-state index contributed by atoms with van der Waals surface area (Å²) in [6.45, 7) is 0. The number of halogens is 1. The van der Waals surface area contributed by atoms with E-state index in [1.807, 2.05) is 0 Å². The Morgan fingerprint density at radius 3 is 2.55 bits per heavy atom. The fourth-order valence-corrected chi connectivity index (χ4v) is 1.43. The van der Waals surface area contributed by atoms with Crippen LogP contribution in [0.2, 0.25) is 0 Å². The Hall–Kier alpha value is -0.956. The van der Waals surface area contributed by atoms with Crippen LogP contribution in [0.1, 0.15) is 0 Å². The van der Waals surface area contributed by atoms with Gasteiger partial charge in [-0.15, -0.1) is 0 Å². The zero-order chi connectivity index (χ0) is 8.59. The fourth-order valence-electron chi connectivity index (χ4n) is 0.699. The predicted octanol–water partition coefficient (Wildman–Crippen LogP) is -4.21. The van der Waals surface area contributed by atoms with E-state index in [9.17, 15) is 14.0 Å². The highest BCUT2D eigenvalue weighted by atomic mass is 28.2. The van der Waals surface area contributed by atoms with E-state index >= 15 is 0 Å². The Morgan fingerprint density at radius 1 is 1.45 bits per heavy atom. The first-order valence-corrected chi connectivity index (χ1v) is 4.89. The summed E-state index contributed by atoms with van der Waals surface area (Å²) in [6, 6.07) is 0. The zero-order valence-corrected chi connectivity index (χ0v) is 10.1. The molecule has 0 radical (unpaired) electrons. The van der Waals surface area contributed by atoms with E-state index in [0.717, 1.165) is 4.23 Å². The van der Waals surface area contributed by atoms with Gasteiger partial charge in [-0.25, -0.2) is 4.79 Å². The molecule has 0 bridgehead atoms. The van der Waals surface area contributed by atoms with E-state index in [1.165, 1.54) is 0 Å². The number of nitrogens with zero attached hydrogens (tertiary/aromatic N) is 1. The summed E-state index contributed by atoms with van der Waals surface area (Å²) in [5, 5.41) is 0.132. The molecule has 0 aliphatic heterocycles. The minimum Gasteiger partial charge on any atom is -0.314 e. The van der Waals surface area contributed by atoms with E-state index in [1.54, 1.807) is 0 Å². The molecular formula is C4H7FN2O2Si2. The molecule has 11 heavy (non-hydrogen) atoms. The van der Waals surface area contributed by atoms with Crippen molar-refractivity contribution >= 4 is 26.0 Å². The van der Waals surface area contributed by atoms with Crippen molar-refractivity contribution in [2.24, 2.45) is 0 Å². The maximum absolute atomic E-state index is 12.7. The molecule has 0 aliphatic rings. The van der Waals surface area contributed by atoms with Gasteiger partial charge in [0, 0.05) is 5.32 Å². The minimum absolute atomic E-state index is 0.132. The third-order valence-electron chi connectivity index (χ3n) is 1.42. The number of aromatic nitrogens is 2. The Labute approximate surface area is 67.0 Å². The number of hydrogen-bond acceptors (Lipinski definition) is 2. The third kappa shape index (κ3) is 1.24. The lowest BCUT2D eigenvalue weighted by atomic mass is 10.6. The summed E-state index contributed by atoms with van der Waals surface area (Å²) < 4.78 is 13.6. The van der Waals surface area contributed by atoms with Crippen molar-refractivity contribution in [3.63, 3.8) is 0 Å². The van der Waals surface area contributed by atoms with E-state index in [-0.39, 0.29) is 15.7 Å².